The number of ether oxygens (including phenoxy) is 1. The van der Waals surface area contributed by atoms with Crippen molar-refractivity contribution in [2.75, 3.05) is 33.4 Å². The fraction of sp³-hybridized carbons (Fsp3) is 0.647. The molecule has 20 heavy (non-hydrogen) atoms. The molecule has 1 heterocycles. The van der Waals surface area contributed by atoms with Gasteiger partial charge in [0.15, 0.2) is 0 Å². The van der Waals surface area contributed by atoms with E-state index in [2.05, 4.69) is 36.9 Å². The van der Waals surface area contributed by atoms with E-state index in [-0.39, 0.29) is 6.04 Å². The molecule has 1 aromatic carbocycles. The van der Waals surface area contributed by atoms with Gasteiger partial charge in [-0.15, -0.1) is 0 Å². The Labute approximate surface area is 123 Å². The first-order valence-electron chi connectivity index (χ1n) is 7.64. The molecule has 3 nitrogen and oxygen atoms in total. The highest BCUT2D eigenvalue weighted by Crippen LogP contribution is 2.21. The molecular formula is C17H28N2O. The normalized spacial score (nSPS) is 21.9. The van der Waals surface area contributed by atoms with E-state index in [0.717, 1.165) is 19.7 Å². The number of likely N-dealkylation sites (tertiary alicyclic amines) is 1. The van der Waals surface area contributed by atoms with Gasteiger partial charge in [-0.3, -0.25) is 0 Å². The molecule has 2 unspecified atom stereocenters. The van der Waals surface area contributed by atoms with Gasteiger partial charge in [0.1, 0.15) is 0 Å². The van der Waals surface area contributed by atoms with Crippen LogP contribution < -0.4 is 5.73 Å². The van der Waals surface area contributed by atoms with Crippen molar-refractivity contribution in [1.82, 2.24) is 4.90 Å². The summed E-state index contributed by atoms with van der Waals surface area (Å²) in [5, 5.41) is 0. The lowest BCUT2D eigenvalue weighted by atomic mass is 9.97. The van der Waals surface area contributed by atoms with Gasteiger partial charge < -0.3 is 15.4 Å². The number of piperidine rings is 1. The molecule has 0 saturated carbocycles. The van der Waals surface area contributed by atoms with Gasteiger partial charge in [0.25, 0.3) is 0 Å². The summed E-state index contributed by atoms with van der Waals surface area (Å²) in [5.74, 6) is 0.667. The smallest absolute Gasteiger partial charge is 0.0502 e. The quantitative estimate of drug-likeness (QED) is 0.898. The van der Waals surface area contributed by atoms with Gasteiger partial charge in [0.05, 0.1) is 6.61 Å². The second kappa shape index (κ2) is 7.21. The zero-order valence-corrected chi connectivity index (χ0v) is 13.1. The van der Waals surface area contributed by atoms with E-state index in [9.17, 15) is 0 Å². The maximum absolute atomic E-state index is 6.39. The summed E-state index contributed by atoms with van der Waals surface area (Å²) in [7, 11) is 1.79. The van der Waals surface area contributed by atoms with Gasteiger partial charge in [0, 0.05) is 26.2 Å². The van der Waals surface area contributed by atoms with E-state index >= 15 is 0 Å². The van der Waals surface area contributed by atoms with Crippen LogP contribution in [0, 0.1) is 19.8 Å². The van der Waals surface area contributed by atoms with Crippen LogP contribution in [0.3, 0.4) is 0 Å². The number of aryl methyl sites for hydroxylation is 2. The molecule has 112 valence electrons. The first-order chi connectivity index (χ1) is 9.60. The predicted octanol–water partition coefficient (Wildman–Crippen LogP) is 2.66. The number of hydrogen-bond acceptors (Lipinski definition) is 3. The minimum Gasteiger partial charge on any atom is -0.384 e. The Bertz CT molecular complexity index is 431. The molecule has 1 fully saturated rings. The highest BCUT2D eigenvalue weighted by Gasteiger charge is 2.21. The standard InChI is InChI=1S/C17H28N2O/c1-13-6-7-16(9-14(13)2)17(18)11-19-8-4-5-15(10-19)12-20-3/h6-7,9,15,17H,4-5,8,10-12,18H2,1-3H3. The molecule has 0 spiro atoms. The molecular weight excluding hydrogens is 248 g/mol. The van der Waals surface area contributed by atoms with Crippen molar-refractivity contribution in [2.45, 2.75) is 32.7 Å². The van der Waals surface area contributed by atoms with Crippen molar-refractivity contribution in [3.05, 3.63) is 34.9 Å². The van der Waals surface area contributed by atoms with E-state index < -0.39 is 0 Å². The summed E-state index contributed by atoms with van der Waals surface area (Å²) in [6.45, 7) is 8.40. The van der Waals surface area contributed by atoms with Crippen molar-refractivity contribution in [3.63, 3.8) is 0 Å². The second-order valence-corrected chi connectivity index (χ2v) is 6.17. The maximum atomic E-state index is 6.39. The number of methoxy groups -OCH3 is 1. The molecule has 1 saturated heterocycles. The van der Waals surface area contributed by atoms with Crippen LogP contribution in [0.15, 0.2) is 18.2 Å². The van der Waals surface area contributed by atoms with E-state index in [0.29, 0.717) is 5.92 Å². The Balaban J connectivity index is 1.93. The lowest BCUT2D eigenvalue weighted by Crippen LogP contribution is -2.41. The minimum atomic E-state index is 0.107. The van der Waals surface area contributed by atoms with Crippen LogP contribution in [0.4, 0.5) is 0 Å². The van der Waals surface area contributed by atoms with E-state index in [1.54, 1.807) is 7.11 Å². The zero-order chi connectivity index (χ0) is 14.5. The third-order valence-electron chi connectivity index (χ3n) is 4.42. The Morgan fingerprint density at radius 2 is 2.15 bits per heavy atom. The monoisotopic (exact) mass is 276 g/mol. The molecule has 0 radical (unpaired) electrons. The number of nitrogens with two attached hydrogens (primary N) is 1. The summed E-state index contributed by atoms with van der Waals surface area (Å²) in [6, 6.07) is 6.69. The largest absolute Gasteiger partial charge is 0.384 e. The number of benzene rings is 1. The van der Waals surface area contributed by atoms with Crippen LogP contribution in [0.2, 0.25) is 0 Å². The first kappa shape index (κ1) is 15.5. The molecule has 0 aliphatic carbocycles. The van der Waals surface area contributed by atoms with Gasteiger partial charge in [-0.05, 0) is 55.8 Å². The summed E-state index contributed by atoms with van der Waals surface area (Å²) in [6.07, 6.45) is 2.54. The minimum absolute atomic E-state index is 0.107. The van der Waals surface area contributed by atoms with Crippen LogP contribution in [0.25, 0.3) is 0 Å². The van der Waals surface area contributed by atoms with Crippen molar-refractivity contribution >= 4 is 0 Å². The van der Waals surface area contributed by atoms with Crippen molar-refractivity contribution in [1.29, 1.82) is 0 Å². The van der Waals surface area contributed by atoms with Gasteiger partial charge in [0.2, 0.25) is 0 Å². The lowest BCUT2D eigenvalue weighted by Gasteiger charge is -2.34. The Kier molecular flexibility index (Phi) is 5.58. The Morgan fingerprint density at radius 3 is 2.85 bits per heavy atom. The molecule has 1 aliphatic rings. The van der Waals surface area contributed by atoms with Crippen LogP contribution in [0.5, 0.6) is 0 Å². The van der Waals surface area contributed by atoms with Crippen molar-refractivity contribution in [3.8, 4) is 0 Å². The summed E-state index contributed by atoms with van der Waals surface area (Å²) in [5.41, 5.74) is 10.3. The molecule has 1 aromatic rings. The molecule has 0 amide bonds. The fourth-order valence-electron chi connectivity index (χ4n) is 3.07. The van der Waals surface area contributed by atoms with Crippen LogP contribution in [-0.4, -0.2) is 38.3 Å². The number of rotatable bonds is 5. The molecule has 3 heteroatoms. The van der Waals surface area contributed by atoms with Crippen molar-refractivity contribution < 1.29 is 4.74 Å². The van der Waals surface area contributed by atoms with Crippen LogP contribution in [0.1, 0.15) is 35.6 Å². The topological polar surface area (TPSA) is 38.5 Å². The highest BCUT2D eigenvalue weighted by atomic mass is 16.5. The Hall–Kier alpha value is -0.900. The molecule has 0 bridgehead atoms. The van der Waals surface area contributed by atoms with Gasteiger partial charge >= 0.3 is 0 Å². The summed E-state index contributed by atoms with van der Waals surface area (Å²) in [4.78, 5) is 2.49. The first-order valence-corrected chi connectivity index (χ1v) is 7.64. The lowest BCUT2D eigenvalue weighted by molar-refractivity contribution is 0.0878. The molecule has 0 aromatic heterocycles. The summed E-state index contributed by atoms with van der Waals surface area (Å²) >= 11 is 0. The number of hydrogen-bond donors (Lipinski definition) is 1. The highest BCUT2D eigenvalue weighted by molar-refractivity contribution is 5.31. The Morgan fingerprint density at radius 1 is 1.35 bits per heavy atom. The van der Waals surface area contributed by atoms with Crippen LogP contribution >= 0.6 is 0 Å². The number of nitrogens with zero attached hydrogens (tertiary/aromatic N) is 1. The molecule has 2 rings (SSSR count). The average Bonchev–Trinajstić information content (AvgIpc) is 2.42. The summed E-state index contributed by atoms with van der Waals surface area (Å²) < 4.78 is 5.29. The zero-order valence-electron chi connectivity index (χ0n) is 13.1. The van der Waals surface area contributed by atoms with Gasteiger partial charge in [-0.25, -0.2) is 0 Å². The fourth-order valence-corrected chi connectivity index (χ4v) is 3.07. The third-order valence-corrected chi connectivity index (χ3v) is 4.42. The molecule has 1 aliphatic heterocycles. The predicted molar refractivity (Wildman–Crippen MR) is 83.9 cm³/mol. The van der Waals surface area contributed by atoms with Crippen LogP contribution in [-0.2, 0) is 4.74 Å². The molecule has 2 N–H and O–H groups in total. The van der Waals surface area contributed by atoms with E-state index in [4.69, 9.17) is 10.5 Å². The van der Waals surface area contributed by atoms with Crippen molar-refractivity contribution in [2.24, 2.45) is 11.7 Å². The maximum Gasteiger partial charge on any atom is 0.0502 e. The van der Waals surface area contributed by atoms with E-state index in [1.807, 2.05) is 0 Å². The van der Waals surface area contributed by atoms with Gasteiger partial charge in [-0.2, -0.15) is 0 Å². The SMILES string of the molecule is COCC1CCCN(CC(N)c2ccc(C)c(C)c2)C1. The van der Waals surface area contributed by atoms with Gasteiger partial charge in [-0.1, -0.05) is 18.2 Å². The van der Waals surface area contributed by atoms with E-state index in [1.165, 1.54) is 36.1 Å². The third kappa shape index (κ3) is 4.05. The molecule has 2 atom stereocenters. The average molecular weight is 276 g/mol. The second-order valence-electron chi connectivity index (χ2n) is 6.17.